The molecule has 18 heteroatoms. The number of nitrogens with two attached hydrogens (primary N) is 1. The van der Waals surface area contributed by atoms with Gasteiger partial charge in [-0.15, -0.1) is 0 Å². The molecule has 0 spiro atoms. The molecule has 0 bridgehead atoms. The smallest absolute Gasteiger partial charge is 0.309 e. The van der Waals surface area contributed by atoms with Crippen LogP contribution in [-0.2, 0) is 34.4 Å². The number of amides is 2. The molecule has 2 aromatic heterocycles. The van der Waals surface area contributed by atoms with Crippen LogP contribution in [0.5, 0.6) is 5.88 Å². The lowest BCUT2D eigenvalue weighted by molar-refractivity contribution is -0.132. The lowest BCUT2D eigenvalue weighted by Gasteiger charge is -2.29. The van der Waals surface area contributed by atoms with Crippen molar-refractivity contribution >= 4 is 17.8 Å². The van der Waals surface area contributed by atoms with E-state index in [2.05, 4.69) is 15.4 Å². The maximum Gasteiger partial charge on any atom is 0.309 e. The SMILES string of the molecule is CC(=O)Oc1ccc(-c2ccc(F)c(C(N)=O)c2)c(C(Cc2cc(F)cc(F)c2)NC(=O)Cn2nc(C(F)F)c3c2C(F)(F)CCC3(F)F)n1. The Morgan fingerprint density at radius 2 is 1.60 bits per heavy atom. The highest BCUT2D eigenvalue weighted by molar-refractivity contribution is 5.94. The first-order valence-electron chi connectivity index (χ1n) is 14.5. The van der Waals surface area contributed by atoms with E-state index in [0.29, 0.717) is 6.07 Å². The number of alkyl halides is 6. The highest BCUT2D eigenvalue weighted by Crippen LogP contribution is 2.52. The first-order valence-corrected chi connectivity index (χ1v) is 14.5. The Hall–Kier alpha value is -5.42. The van der Waals surface area contributed by atoms with Crippen LogP contribution < -0.4 is 15.8 Å². The van der Waals surface area contributed by atoms with Gasteiger partial charge >= 0.3 is 5.97 Å². The first kappa shape index (κ1) is 35.9. The summed E-state index contributed by atoms with van der Waals surface area (Å²) in [4.78, 5) is 41.3. The number of ether oxygens (including phenoxy) is 1. The Balaban J connectivity index is 1.64. The molecule has 0 fully saturated rings. The number of nitrogens with zero attached hydrogens (tertiary/aromatic N) is 3. The molecule has 1 atom stereocenters. The average Bonchev–Trinajstić information content (AvgIpc) is 3.41. The maximum absolute atomic E-state index is 15.0. The van der Waals surface area contributed by atoms with Crippen molar-refractivity contribution in [2.75, 3.05) is 0 Å². The third-order valence-corrected chi connectivity index (χ3v) is 7.66. The number of rotatable bonds is 10. The number of esters is 1. The number of nitrogens with one attached hydrogen (secondary N) is 1. The van der Waals surface area contributed by atoms with E-state index in [-0.39, 0.29) is 32.9 Å². The normalized spacial score (nSPS) is 15.3. The number of hydrogen-bond acceptors (Lipinski definition) is 6. The summed E-state index contributed by atoms with van der Waals surface area (Å²) in [5.74, 6) is -14.9. The van der Waals surface area contributed by atoms with Crippen LogP contribution in [0.3, 0.4) is 0 Å². The van der Waals surface area contributed by atoms with Crippen molar-refractivity contribution in [2.24, 2.45) is 5.73 Å². The van der Waals surface area contributed by atoms with Crippen molar-refractivity contribution < 1.29 is 58.6 Å². The zero-order valence-electron chi connectivity index (χ0n) is 25.6. The monoisotopic (exact) mass is 713 g/mol. The number of carbonyl (C=O) groups excluding carboxylic acids is 3. The second kappa shape index (κ2) is 13.5. The number of halogens is 9. The molecular weight excluding hydrogens is 689 g/mol. The van der Waals surface area contributed by atoms with Gasteiger partial charge in [-0.3, -0.25) is 19.1 Å². The van der Waals surface area contributed by atoms with Crippen LogP contribution in [0.2, 0.25) is 0 Å². The van der Waals surface area contributed by atoms with Crippen LogP contribution in [0, 0.1) is 17.5 Å². The second-order valence-electron chi connectivity index (χ2n) is 11.3. The van der Waals surface area contributed by atoms with Crippen molar-refractivity contribution in [3.8, 4) is 17.0 Å². The summed E-state index contributed by atoms with van der Waals surface area (Å²) in [5.41, 5.74) is -0.509. The number of aromatic nitrogens is 3. The van der Waals surface area contributed by atoms with Crippen LogP contribution in [-0.4, -0.2) is 32.5 Å². The molecular formula is C32H24F9N5O4. The number of primary amides is 1. The molecule has 0 radical (unpaired) electrons. The fourth-order valence-electron chi connectivity index (χ4n) is 5.65. The summed E-state index contributed by atoms with van der Waals surface area (Å²) in [5, 5.41) is 5.62. The zero-order valence-corrected chi connectivity index (χ0v) is 25.6. The van der Waals surface area contributed by atoms with E-state index >= 15 is 0 Å². The third-order valence-electron chi connectivity index (χ3n) is 7.66. The third kappa shape index (κ3) is 7.42. The molecule has 1 aliphatic rings. The van der Waals surface area contributed by atoms with Gasteiger partial charge in [0.15, 0.2) is 0 Å². The summed E-state index contributed by atoms with van der Waals surface area (Å²) in [7, 11) is 0. The highest BCUT2D eigenvalue weighted by Gasteiger charge is 2.55. The molecule has 3 N–H and O–H groups in total. The van der Waals surface area contributed by atoms with Gasteiger partial charge in [-0.1, -0.05) is 6.07 Å². The summed E-state index contributed by atoms with van der Waals surface area (Å²) < 4.78 is 135. The molecule has 0 saturated heterocycles. The lowest BCUT2D eigenvalue weighted by Crippen LogP contribution is -2.37. The molecule has 4 aromatic rings. The van der Waals surface area contributed by atoms with Crippen molar-refractivity contribution in [3.05, 3.63) is 99.8 Å². The van der Waals surface area contributed by atoms with E-state index < -0.39 is 108 Å². The molecule has 0 aliphatic heterocycles. The van der Waals surface area contributed by atoms with Gasteiger partial charge in [0, 0.05) is 37.5 Å². The van der Waals surface area contributed by atoms with Gasteiger partial charge in [0.1, 0.15) is 35.4 Å². The average molecular weight is 714 g/mol. The predicted molar refractivity (Wildman–Crippen MR) is 155 cm³/mol. The van der Waals surface area contributed by atoms with Gasteiger partial charge in [-0.2, -0.15) is 13.9 Å². The van der Waals surface area contributed by atoms with Gasteiger partial charge in [-0.05, 0) is 47.9 Å². The minimum atomic E-state index is -4.11. The van der Waals surface area contributed by atoms with E-state index in [9.17, 15) is 53.9 Å². The lowest BCUT2D eigenvalue weighted by atomic mass is 9.89. The molecule has 2 heterocycles. The highest BCUT2D eigenvalue weighted by atomic mass is 19.3. The van der Waals surface area contributed by atoms with Crippen molar-refractivity contribution in [2.45, 2.75) is 57.0 Å². The molecule has 264 valence electrons. The Labute approximate surface area is 276 Å². The quantitative estimate of drug-likeness (QED) is 0.145. The van der Waals surface area contributed by atoms with Gasteiger partial charge in [0.2, 0.25) is 11.8 Å². The zero-order chi connectivity index (χ0) is 36.7. The van der Waals surface area contributed by atoms with Crippen molar-refractivity contribution in [1.82, 2.24) is 20.1 Å². The first-order chi connectivity index (χ1) is 23.4. The minimum absolute atomic E-state index is 0.00760. The Morgan fingerprint density at radius 1 is 0.940 bits per heavy atom. The largest absolute Gasteiger partial charge is 0.408 e. The summed E-state index contributed by atoms with van der Waals surface area (Å²) in [6.45, 7) is -0.281. The van der Waals surface area contributed by atoms with Gasteiger partial charge < -0.3 is 15.8 Å². The molecule has 50 heavy (non-hydrogen) atoms. The summed E-state index contributed by atoms with van der Waals surface area (Å²) >= 11 is 0. The molecule has 1 unspecified atom stereocenters. The second-order valence-corrected chi connectivity index (χ2v) is 11.3. The number of benzene rings is 2. The molecule has 0 saturated carbocycles. The van der Waals surface area contributed by atoms with Crippen LogP contribution in [0.4, 0.5) is 39.5 Å². The van der Waals surface area contributed by atoms with E-state index in [4.69, 9.17) is 10.5 Å². The number of fused-ring (bicyclic) bond motifs is 1. The molecule has 2 amide bonds. The van der Waals surface area contributed by atoms with E-state index in [0.717, 1.165) is 31.2 Å². The van der Waals surface area contributed by atoms with E-state index in [1.165, 1.54) is 18.2 Å². The molecule has 1 aliphatic carbocycles. The summed E-state index contributed by atoms with van der Waals surface area (Å²) in [6, 6.07) is 6.29. The topological polar surface area (TPSA) is 129 Å². The number of pyridine rings is 1. The maximum atomic E-state index is 15.0. The molecule has 2 aromatic carbocycles. The Morgan fingerprint density at radius 3 is 2.22 bits per heavy atom. The van der Waals surface area contributed by atoms with E-state index in [1.807, 2.05) is 0 Å². The molecule has 5 rings (SSSR count). The number of carbonyl (C=O) groups is 3. The van der Waals surface area contributed by atoms with Crippen LogP contribution in [0.1, 0.15) is 70.8 Å². The Kier molecular flexibility index (Phi) is 9.67. The standard InChI is InChI=1S/C32H24F9N5O4/c1-14(47)50-24-5-3-19(16-2-4-21(35)20(11-16)30(42)49)26(44-24)22(10-15-8-17(33)12-18(34)9-15)43-23(48)13-46-28-25(27(45-46)29(36)37)31(38,39)6-7-32(28,40)41/h2-5,8-9,11-12,22,29H,6-7,10,13H2,1H3,(H2,42,49)(H,43,48). The number of hydrogen-bond donors (Lipinski definition) is 2. The summed E-state index contributed by atoms with van der Waals surface area (Å²) in [6.07, 6.45) is -7.12. The minimum Gasteiger partial charge on any atom is -0.408 e. The fourth-order valence-corrected chi connectivity index (χ4v) is 5.65. The van der Waals surface area contributed by atoms with Gasteiger partial charge in [-0.25, -0.2) is 35.7 Å². The van der Waals surface area contributed by atoms with Crippen molar-refractivity contribution in [1.29, 1.82) is 0 Å². The molecule has 9 nitrogen and oxygen atoms in total. The predicted octanol–water partition coefficient (Wildman–Crippen LogP) is 6.40. The van der Waals surface area contributed by atoms with E-state index in [1.54, 1.807) is 0 Å². The van der Waals surface area contributed by atoms with Crippen LogP contribution in [0.25, 0.3) is 11.1 Å². The van der Waals surface area contributed by atoms with Gasteiger partial charge in [0.05, 0.1) is 22.9 Å². The Bertz CT molecular complexity index is 1980. The fraction of sp³-hybridized carbons (Fsp3) is 0.281. The van der Waals surface area contributed by atoms with Gasteiger partial charge in [0.25, 0.3) is 24.2 Å². The van der Waals surface area contributed by atoms with Crippen LogP contribution in [0.15, 0.2) is 48.5 Å². The van der Waals surface area contributed by atoms with Crippen molar-refractivity contribution in [3.63, 3.8) is 0 Å². The van der Waals surface area contributed by atoms with Crippen LogP contribution >= 0.6 is 0 Å².